The Labute approximate surface area is 53.2 Å². The van der Waals surface area contributed by atoms with Crippen LogP contribution in [0, 0.1) is 0 Å². The van der Waals surface area contributed by atoms with E-state index < -0.39 is 6.03 Å². The third-order valence-electron chi connectivity index (χ3n) is 0.752. The van der Waals surface area contributed by atoms with Crippen molar-refractivity contribution in [2.45, 2.75) is 6.42 Å². The van der Waals surface area contributed by atoms with Gasteiger partial charge in [0.05, 0.1) is 0 Å². The summed E-state index contributed by atoms with van der Waals surface area (Å²) in [4.78, 5) is 10.3. The van der Waals surface area contributed by atoms with E-state index in [-0.39, 0.29) is 6.61 Å². The lowest BCUT2D eigenvalue weighted by Crippen LogP contribution is -2.40. The quantitative estimate of drug-likeness (QED) is 0.164. The Morgan fingerprint density at radius 3 is 2.78 bits per heavy atom. The Morgan fingerprint density at radius 2 is 2.33 bits per heavy atom. The van der Waals surface area contributed by atoms with Crippen molar-refractivity contribution in [2.75, 3.05) is 13.2 Å². The number of nitrogens with two attached hydrogens (primary N) is 1. The summed E-state index contributed by atoms with van der Waals surface area (Å²) in [6.07, 6.45) is 0.549. The number of amides is 2. The molecule has 0 spiro atoms. The van der Waals surface area contributed by atoms with Gasteiger partial charge in [0.15, 0.2) is 0 Å². The smallest absolute Gasteiger partial charge is 0.328 e. The predicted molar refractivity (Wildman–Crippen MR) is 32.4 cm³/mol. The van der Waals surface area contributed by atoms with E-state index in [1.54, 1.807) is 0 Å². The number of hydrazine groups is 1. The largest absolute Gasteiger partial charge is 0.396 e. The Bertz CT molecular complexity index is 85.9. The zero-order chi connectivity index (χ0) is 7.11. The van der Waals surface area contributed by atoms with Crippen molar-refractivity contribution in [1.29, 1.82) is 0 Å². The summed E-state index contributed by atoms with van der Waals surface area (Å²) in [5.41, 5.74) is 1.89. The van der Waals surface area contributed by atoms with Gasteiger partial charge in [0, 0.05) is 13.2 Å². The molecule has 0 fully saturated rings. The van der Waals surface area contributed by atoms with Crippen molar-refractivity contribution >= 4 is 6.03 Å². The van der Waals surface area contributed by atoms with E-state index in [4.69, 9.17) is 10.9 Å². The summed E-state index contributed by atoms with van der Waals surface area (Å²) in [7, 11) is 0. The highest BCUT2D eigenvalue weighted by atomic mass is 16.3. The van der Waals surface area contributed by atoms with E-state index in [0.717, 1.165) is 0 Å². The Morgan fingerprint density at radius 1 is 1.67 bits per heavy atom. The summed E-state index contributed by atoms with van der Waals surface area (Å²) in [5.74, 6) is 4.73. The fourth-order valence-electron chi connectivity index (χ4n) is 0.332. The molecule has 0 rings (SSSR count). The molecule has 0 saturated heterocycles. The highest BCUT2D eigenvalue weighted by Gasteiger charge is 1.91. The van der Waals surface area contributed by atoms with Crippen LogP contribution in [0.2, 0.25) is 0 Å². The number of nitrogens with one attached hydrogen (secondary N) is 2. The third kappa shape index (κ3) is 5.05. The number of rotatable bonds is 3. The number of carbonyl (C=O) groups excluding carboxylic acids is 1. The van der Waals surface area contributed by atoms with E-state index in [9.17, 15) is 4.79 Å². The van der Waals surface area contributed by atoms with Gasteiger partial charge in [-0.25, -0.2) is 10.6 Å². The van der Waals surface area contributed by atoms with E-state index >= 15 is 0 Å². The highest BCUT2D eigenvalue weighted by Crippen LogP contribution is 1.70. The molecule has 0 aromatic carbocycles. The molecular formula is C4H11N3O2. The van der Waals surface area contributed by atoms with Crippen LogP contribution in [-0.4, -0.2) is 24.3 Å². The van der Waals surface area contributed by atoms with Gasteiger partial charge in [-0.1, -0.05) is 0 Å². The second-order valence-electron chi connectivity index (χ2n) is 1.48. The maximum absolute atomic E-state index is 10.3. The molecule has 9 heavy (non-hydrogen) atoms. The van der Waals surface area contributed by atoms with Gasteiger partial charge in [0.25, 0.3) is 0 Å². The topological polar surface area (TPSA) is 87.4 Å². The summed E-state index contributed by atoms with van der Waals surface area (Å²) in [6, 6.07) is -0.427. The van der Waals surface area contributed by atoms with Gasteiger partial charge in [-0.2, -0.15) is 0 Å². The summed E-state index contributed by atoms with van der Waals surface area (Å²) < 4.78 is 0. The third-order valence-corrected chi connectivity index (χ3v) is 0.752. The number of urea groups is 1. The molecule has 54 valence electrons. The fourth-order valence-corrected chi connectivity index (χ4v) is 0.332. The molecule has 0 heterocycles. The van der Waals surface area contributed by atoms with Gasteiger partial charge in [-0.3, -0.25) is 5.43 Å². The van der Waals surface area contributed by atoms with Crippen molar-refractivity contribution < 1.29 is 9.90 Å². The fraction of sp³-hybridized carbons (Fsp3) is 0.750. The first kappa shape index (κ1) is 8.19. The predicted octanol–water partition coefficient (Wildman–Crippen LogP) is -1.46. The van der Waals surface area contributed by atoms with E-state index in [1.807, 2.05) is 5.43 Å². The van der Waals surface area contributed by atoms with Crippen molar-refractivity contribution in [1.82, 2.24) is 10.7 Å². The van der Waals surface area contributed by atoms with Crippen molar-refractivity contribution in [2.24, 2.45) is 5.84 Å². The van der Waals surface area contributed by atoms with Crippen molar-refractivity contribution in [3.8, 4) is 0 Å². The first-order valence-electron chi connectivity index (χ1n) is 2.66. The van der Waals surface area contributed by atoms with Gasteiger partial charge < -0.3 is 10.4 Å². The van der Waals surface area contributed by atoms with Gasteiger partial charge in [-0.05, 0) is 6.42 Å². The molecule has 5 N–H and O–H groups in total. The number of hydrogen-bond donors (Lipinski definition) is 4. The van der Waals surface area contributed by atoms with Gasteiger partial charge in [-0.15, -0.1) is 0 Å². The molecule has 0 aromatic heterocycles. The van der Waals surface area contributed by atoms with E-state index in [0.29, 0.717) is 13.0 Å². The number of aliphatic hydroxyl groups is 1. The molecule has 0 bridgehead atoms. The molecule has 0 atom stereocenters. The van der Waals surface area contributed by atoms with Crippen molar-refractivity contribution in [3.63, 3.8) is 0 Å². The normalized spacial score (nSPS) is 8.67. The van der Waals surface area contributed by atoms with Gasteiger partial charge >= 0.3 is 6.03 Å². The molecule has 0 unspecified atom stereocenters. The Hall–Kier alpha value is -0.810. The number of aliphatic hydroxyl groups excluding tert-OH is 1. The lowest BCUT2D eigenvalue weighted by molar-refractivity contribution is 0.238. The number of carbonyl (C=O) groups is 1. The maximum Gasteiger partial charge on any atom is 0.328 e. The van der Waals surface area contributed by atoms with Crippen molar-refractivity contribution in [3.05, 3.63) is 0 Å². The Balaban J connectivity index is 2.97. The van der Waals surface area contributed by atoms with E-state index in [1.165, 1.54) is 0 Å². The molecule has 0 aliphatic rings. The maximum atomic E-state index is 10.3. The molecule has 0 radical (unpaired) electrons. The zero-order valence-corrected chi connectivity index (χ0v) is 5.05. The molecule has 0 saturated carbocycles. The van der Waals surface area contributed by atoms with Crippen LogP contribution >= 0.6 is 0 Å². The molecule has 5 heteroatoms. The van der Waals surface area contributed by atoms with Crippen LogP contribution in [0.25, 0.3) is 0 Å². The molecule has 0 aromatic rings. The van der Waals surface area contributed by atoms with Crippen LogP contribution in [0.3, 0.4) is 0 Å². The minimum Gasteiger partial charge on any atom is -0.396 e. The lowest BCUT2D eigenvalue weighted by atomic mass is 10.4. The summed E-state index contributed by atoms with van der Waals surface area (Å²) in [6.45, 7) is 0.518. The van der Waals surface area contributed by atoms with Crippen LogP contribution in [0.1, 0.15) is 6.42 Å². The lowest BCUT2D eigenvalue weighted by Gasteiger charge is -2.00. The minimum absolute atomic E-state index is 0.0743. The van der Waals surface area contributed by atoms with Crippen LogP contribution in [0.15, 0.2) is 0 Å². The van der Waals surface area contributed by atoms with Crippen LogP contribution < -0.4 is 16.6 Å². The second-order valence-corrected chi connectivity index (χ2v) is 1.48. The first-order chi connectivity index (χ1) is 4.31. The average Bonchev–Trinajstić information content (AvgIpc) is 1.89. The molecule has 0 aliphatic heterocycles. The standard InChI is InChI=1S/C4H11N3O2/c5-7-4(9)6-2-1-3-8/h8H,1-3,5H2,(H2,6,7,9). The SMILES string of the molecule is NNC(=O)NCCCO. The molecular weight excluding hydrogens is 122 g/mol. The molecule has 0 aliphatic carbocycles. The van der Waals surface area contributed by atoms with Crippen LogP contribution in [0.4, 0.5) is 4.79 Å². The Kier molecular flexibility index (Phi) is 4.85. The average molecular weight is 133 g/mol. The molecule has 2 amide bonds. The van der Waals surface area contributed by atoms with E-state index in [2.05, 4.69) is 5.32 Å². The van der Waals surface area contributed by atoms with Gasteiger partial charge in [0.1, 0.15) is 0 Å². The second kappa shape index (κ2) is 5.33. The zero-order valence-electron chi connectivity index (χ0n) is 5.05. The first-order valence-corrected chi connectivity index (χ1v) is 2.66. The van der Waals surface area contributed by atoms with Crippen LogP contribution in [0.5, 0.6) is 0 Å². The number of hydrogen-bond acceptors (Lipinski definition) is 3. The highest BCUT2D eigenvalue weighted by molar-refractivity contribution is 5.72. The summed E-state index contributed by atoms with van der Waals surface area (Å²) >= 11 is 0. The molecule has 5 nitrogen and oxygen atoms in total. The van der Waals surface area contributed by atoms with Gasteiger partial charge in [0.2, 0.25) is 0 Å². The van der Waals surface area contributed by atoms with Crippen LogP contribution in [-0.2, 0) is 0 Å². The monoisotopic (exact) mass is 133 g/mol. The minimum atomic E-state index is -0.427. The summed E-state index contributed by atoms with van der Waals surface area (Å²) in [5, 5.41) is 10.6.